The van der Waals surface area contributed by atoms with E-state index in [1.165, 1.54) is 23.2 Å². The molecule has 4 nitrogen and oxygen atoms in total. The number of hydrogen-bond acceptors (Lipinski definition) is 3. The second-order valence-corrected chi connectivity index (χ2v) is 12.7. The molecule has 0 saturated carbocycles. The van der Waals surface area contributed by atoms with E-state index in [9.17, 15) is 0 Å². The van der Waals surface area contributed by atoms with Gasteiger partial charge in [0.05, 0.1) is 16.9 Å². The molecule has 1 aliphatic heterocycles. The lowest BCUT2D eigenvalue weighted by atomic mass is 9.78. The molecule has 0 spiro atoms. The fraction of sp³-hybridized carbons (Fsp3) is 0.382. The van der Waals surface area contributed by atoms with Gasteiger partial charge >= 0.3 is 0 Å². The van der Waals surface area contributed by atoms with Gasteiger partial charge in [0.25, 0.3) is 0 Å². The Bertz CT molecular complexity index is 1410. The van der Waals surface area contributed by atoms with Crippen LogP contribution in [0.2, 0.25) is 5.02 Å². The van der Waals surface area contributed by atoms with Gasteiger partial charge in [0, 0.05) is 36.6 Å². The van der Waals surface area contributed by atoms with Crippen LogP contribution in [0.4, 0.5) is 11.4 Å². The van der Waals surface area contributed by atoms with Crippen LogP contribution in [-0.2, 0) is 13.0 Å². The minimum absolute atomic E-state index is 0.309. The van der Waals surface area contributed by atoms with Crippen LogP contribution >= 0.6 is 11.6 Å². The van der Waals surface area contributed by atoms with Gasteiger partial charge in [-0.3, -0.25) is 4.90 Å². The summed E-state index contributed by atoms with van der Waals surface area (Å²) < 4.78 is 0. The Balaban J connectivity index is 1.31. The van der Waals surface area contributed by atoms with Gasteiger partial charge in [0.2, 0.25) is 0 Å². The SMILES string of the molecule is CC(C)C(C)CC(C)(C)CN1CCc2c(cccc2Nc2ccc(Cl)c(-c3ncc(-c4ccccc4)[nH]3)c2)C1. The molecule has 0 fully saturated rings. The lowest BCUT2D eigenvalue weighted by Gasteiger charge is -2.38. The topological polar surface area (TPSA) is 44.0 Å². The minimum Gasteiger partial charge on any atom is -0.355 e. The van der Waals surface area contributed by atoms with Crippen LogP contribution in [0.25, 0.3) is 22.6 Å². The van der Waals surface area contributed by atoms with Gasteiger partial charge in [-0.25, -0.2) is 4.98 Å². The molecule has 1 atom stereocenters. The third-order valence-corrected chi connectivity index (χ3v) is 8.50. The van der Waals surface area contributed by atoms with Crippen LogP contribution in [0.15, 0.2) is 72.9 Å². The highest BCUT2D eigenvalue weighted by Crippen LogP contribution is 2.35. The number of imidazole rings is 1. The molecule has 0 bridgehead atoms. The minimum atomic E-state index is 0.309. The van der Waals surface area contributed by atoms with Crippen molar-refractivity contribution in [3.8, 4) is 22.6 Å². The first-order chi connectivity index (χ1) is 18.7. The number of nitrogens with one attached hydrogen (secondary N) is 2. The summed E-state index contributed by atoms with van der Waals surface area (Å²) >= 11 is 6.63. The number of anilines is 2. The standard InChI is InChI=1S/C34H41ClN4/c1-23(2)24(3)19-34(4,5)22-39-17-16-28-26(21-39)12-9-13-31(28)37-27-14-15-30(35)29(18-27)33-36-20-32(38-33)25-10-7-6-8-11-25/h6-15,18,20,23-24,37H,16-17,19,21-22H2,1-5H3,(H,36,38). The summed E-state index contributed by atoms with van der Waals surface area (Å²) in [5.74, 6) is 2.23. The first kappa shape index (κ1) is 27.5. The maximum absolute atomic E-state index is 6.63. The lowest BCUT2D eigenvalue weighted by molar-refractivity contribution is 0.132. The molecule has 5 heteroatoms. The number of hydrogen-bond donors (Lipinski definition) is 2. The Morgan fingerprint density at radius 1 is 1.03 bits per heavy atom. The van der Waals surface area contributed by atoms with E-state index in [2.05, 4.69) is 91.2 Å². The smallest absolute Gasteiger partial charge is 0.139 e. The van der Waals surface area contributed by atoms with Gasteiger partial charge in [-0.05, 0) is 71.0 Å². The summed E-state index contributed by atoms with van der Waals surface area (Å²) in [5, 5.41) is 4.37. The van der Waals surface area contributed by atoms with Crippen LogP contribution in [0, 0.1) is 17.3 Å². The quantitative estimate of drug-likeness (QED) is 0.222. The van der Waals surface area contributed by atoms with Gasteiger partial charge in [-0.2, -0.15) is 0 Å². The number of nitrogens with zero attached hydrogens (tertiary/aromatic N) is 2. The molecule has 0 radical (unpaired) electrons. The fourth-order valence-corrected chi connectivity index (χ4v) is 6.07. The maximum atomic E-state index is 6.63. The molecule has 204 valence electrons. The molecule has 0 aliphatic carbocycles. The number of H-pyrrole nitrogens is 1. The van der Waals surface area contributed by atoms with Crippen molar-refractivity contribution < 1.29 is 0 Å². The molecule has 5 rings (SSSR count). The van der Waals surface area contributed by atoms with Crippen molar-refractivity contribution in [2.75, 3.05) is 18.4 Å². The fourth-order valence-electron chi connectivity index (χ4n) is 5.86. The molecule has 0 saturated heterocycles. The number of rotatable bonds is 9. The molecule has 4 aromatic rings. The van der Waals surface area contributed by atoms with Crippen molar-refractivity contribution in [1.29, 1.82) is 0 Å². The summed E-state index contributed by atoms with van der Waals surface area (Å²) in [6.45, 7) is 15.2. The highest BCUT2D eigenvalue weighted by molar-refractivity contribution is 6.33. The van der Waals surface area contributed by atoms with E-state index in [1.54, 1.807) is 0 Å². The van der Waals surface area contributed by atoms with E-state index in [0.717, 1.165) is 66.2 Å². The van der Waals surface area contributed by atoms with E-state index in [1.807, 2.05) is 36.5 Å². The lowest BCUT2D eigenvalue weighted by Crippen LogP contribution is -2.39. The van der Waals surface area contributed by atoms with Crippen molar-refractivity contribution in [3.63, 3.8) is 0 Å². The monoisotopic (exact) mass is 540 g/mol. The average Bonchev–Trinajstić information content (AvgIpc) is 3.40. The predicted octanol–water partition coefficient (Wildman–Crippen LogP) is 9.21. The molecule has 2 heterocycles. The highest BCUT2D eigenvalue weighted by atomic mass is 35.5. The summed E-state index contributed by atoms with van der Waals surface area (Å²) in [6.07, 6.45) is 4.18. The Kier molecular flexibility index (Phi) is 8.16. The van der Waals surface area contributed by atoms with Crippen LogP contribution in [0.5, 0.6) is 0 Å². The van der Waals surface area contributed by atoms with Gasteiger partial charge in [0.1, 0.15) is 5.82 Å². The second kappa shape index (κ2) is 11.6. The van der Waals surface area contributed by atoms with Gasteiger partial charge < -0.3 is 10.3 Å². The summed E-state index contributed by atoms with van der Waals surface area (Å²) in [4.78, 5) is 10.7. The van der Waals surface area contributed by atoms with Crippen LogP contribution < -0.4 is 5.32 Å². The molecular weight excluding hydrogens is 500 g/mol. The van der Waals surface area contributed by atoms with Crippen molar-refractivity contribution in [3.05, 3.63) is 89.1 Å². The molecule has 1 aliphatic rings. The number of fused-ring (bicyclic) bond motifs is 1. The van der Waals surface area contributed by atoms with Gasteiger partial charge in [0.15, 0.2) is 0 Å². The highest BCUT2D eigenvalue weighted by Gasteiger charge is 2.28. The molecule has 3 aromatic carbocycles. The van der Waals surface area contributed by atoms with Crippen molar-refractivity contribution >= 4 is 23.0 Å². The number of aromatic amines is 1. The predicted molar refractivity (Wildman–Crippen MR) is 166 cm³/mol. The Morgan fingerprint density at radius 2 is 1.82 bits per heavy atom. The molecular formula is C34H41ClN4. The van der Waals surface area contributed by atoms with Crippen LogP contribution in [0.1, 0.15) is 52.2 Å². The number of aromatic nitrogens is 2. The zero-order valence-electron chi connectivity index (χ0n) is 23.9. The molecule has 0 amide bonds. The first-order valence-corrected chi connectivity index (χ1v) is 14.6. The second-order valence-electron chi connectivity index (χ2n) is 12.3. The number of benzene rings is 3. The Morgan fingerprint density at radius 3 is 2.59 bits per heavy atom. The molecule has 2 N–H and O–H groups in total. The third-order valence-electron chi connectivity index (χ3n) is 8.17. The maximum Gasteiger partial charge on any atom is 0.139 e. The van der Waals surface area contributed by atoms with Crippen LogP contribution in [0.3, 0.4) is 0 Å². The van der Waals surface area contributed by atoms with Gasteiger partial charge in [-0.15, -0.1) is 0 Å². The summed E-state index contributed by atoms with van der Waals surface area (Å²) in [5.41, 5.74) is 8.30. The molecule has 1 aromatic heterocycles. The summed E-state index contributed by atoms with van der Waals surface area (Å²) in [6, 6.07) is 22.9. The molecule has 1 unspecified atom stereocenters. The van der Waals surface area contributed by atoms with E-state index < -0.39 is 0 Å². The number of halogens is 1. The summed E-state index contributed by atoms with van der Waals surface area (Å²) in [7, 11) is 0. The van der Waals surface area contributed by atoms with E-state index in [0.29, 0.717) is 10.4 Å². The van der Waals surface area contributed by atoms with Crippen molar-refractivity contribution in [2.24, 2.45) is 17.3 Å². The normalized spacial score (nSPS) is 14.8. The van der Waals surface area contributed by atoms with Crippen LogP contribution in [-0.4, -0.2) is 28.0 Å². The van der Waals surface area contributed by atoms with E-state index in [-0.39, 0.29) is 0 Å². The third kappa shape index (κ3) is 6.57. The Labute approximate surface area is 238 Å². The Hall–Kier alpha value is -3.08. The molecule has 39 heavy (non-hydrogen) atoms. The zero-order valence-corrected chi connectivity index (χ0v) is 24.6. The average molecular weight is 541 g/mol. The van der Waals surface area contributed by atoms with E-state index >= 15 is 0 Å². The zero-order chi connectivity index (χ0) is 27.6. The van der Waals surface area contributed by atoms with Gasteiger partial charge in [-0.1, -0.05) is 88.7 Å². The van der Waals surface area contributed by atoms with Crippen molar-refractivity contribution in [1.82, 2.24) is 14.9 Å². The van der Waals surface area contributed by atoms with Crippen molar-refractivity contribution in [2.45, 2.75) is 54.0 Å². The largest absolute Gasteiger partial charge is 0.355 e. The first-order valence-electron chi connectivity index (χ1n) is 14.2. The van der Waals surface area contributed by atoms with E-state index in [4.69, 9.17) is 11.6 Å².